The Morgan fingerprint density at radius 3 is 2.68 bits per heavy atom. The van der Waals surface area contributed by atoms with Crippen LogP contribution in [0.25, 0.3) is 11.0 Å². The van der Waals surface area contributed by atoms with E-state index >= 15 is 0 Å². The monoisotopic (exact) mass is 273 g/mol. The number of nitrogens with zero attached hydrogens (tertiary/aromatic N) is 2. The third kappa shape index (κ3) is 1.22. The second-order valence-electron chi connectivity index (χ2n) is 6.45. The molecule has 0 radical (unpaired) electrons. The first-order valence-corrected chi connectivity index (χ1v) is 7.55. The number of fused-ring (bicyclic) bond motifs is 6. The van der Waals surface area contributed by atoms with Crippen molar-refractivity contribution in [3.8, 4) is 0 Å². The Bertz CT molecular complexity index is 676. The molecule has 1 heterocycles. The molecule has 0 spiro atoms. The Hall–Kier alpha value is -1.22. The molecule has 4 unspecified atom stereocenters. The Kier molecular flexibility index (Phi) is 1.81. The summed E-state index contributed by atoms with van der Waals surface area (Å²) in [7, 11) is 0. The summed E-state index contributed by atoms with van der Waals surface area (Å²) in [5.74, 6) is 4.26. The van der Waals surface area contributed by atoms with Crippen molar-refractivity contribution >= 4 is 28.6 Å². The summed E-state index contributed by atoms with van der Waals surface area (Å²) in [6.45, 7) is 0. The Morgan fingerprint density at radius 1 is 1.21 bits per heavy atom. The smallest absolute Gasteiger partial charge is 0.201 e. The molecule has 1 aromatic carbocycles. The first-order valence-electron chi connectivity index (χ1n) is 7.17. The third-order valence-corrected chi connectivity index (χ3v) is 5.91. The van der Waals surface area contributed by atoms with Crippen molar-refractivity contribution in [2.45, 2.75) is 25.3 Å². The number of nitrogens with two attached hydrogens (primary N) is 1. The summed E-state index contributed by atoms with van der Waals surface area (Å²) in [5, 5.41) is 0.766. The van der Waals surface area contributed by atoms with Gasteiger partial charge in [0.05, 0.1) is 11.0 Å². The number of aromatic nitrogens is 2. The zero-order chi connectivity index (χ0) is 12.7. The Balaban J connectivity index is 1.66. The molecular formula is C15H16ClN3. The summed E-state index contributed by atoms with van der Waals surface area (Å²) in [6, 6.07) is 6.46. The van der Waals surface area contributed by atoms with Crippen LogP contribution in [-0.2, 0) is 0 Å². The lowest BCUT2D eigenvalue weighted by Crippen LogP contribution is -2.08. The van der Waals surface area contributed by atoms with Gasteiger partial charge in [0.2, 0.25) is 5.95 Å². The quantitative estimate of drug-likeness (QED) is 0.864. The minimum atomic E-state index is 0.592. The second kappa shape index (κ2) is 3.26. The molecule has 5 rings (SSSR count). The molecule has 2 N–H and O–H groups in total. The van der Waals surface area contributed by atoms with E-state index in [9.17, 15) is 0 Å². The van der Waals surface area contributed by atoms with Crippen molar-refractivity contribution < 1.29 is 0 Å². The van der Waals surface area contributed by atoms with Gasteiger partial charge in [0.25, 0.3) is 0 Å². The lowest BCUT2D eigenvalue weighted by atomic mass is 10.0. The number of hydrogen-bond acceptors (Lipinski definition) is 2. The lowest BCUT2D eigenvalue weighted by molar-refractivity contribution is 0.456. The van der Waals surface area contributed by atoms with Crippen LogP contribution in [0.3, 0.4) is 0 Å². The average Bonchev–Trinajstić information content (AvgIpc) is 2.75. The zero-order valence-electron chi connectivity index (χ0n) is 10.6. The molecule has 2 bridgehead atoms. The first-order chi connectivity index (χ1) is 9.24. The summed E-state index contributed by atoms with van der Waals surface area (Å²) in [4.78, 5) is 4.50. The summed E-state index contributed by atoms with van der Waals surface area (Å²) < 4.78 is 2.26. The second-order valence-corrected chi connectivity index (χ2v) is 6.89. The highest BCUT2D eigenvalue weighted by Crippen LogP contribution is 2.72. The van der Waals surface area contributed by atoms with Gasteiger partial charge in [-0.25, -0.2) is 4.98 Å². The van der Waals surface area contributed by atoms with Crippen molar-refractivity contribution in [2.24, 2.45) is 23.7 Å². The zero-order valence-corrected chi connectivity index (χ0v) is 11.3. The van der Waals surface area contributed by atoms with Gasteiger partial charge in [-0.15, -0.1) is 0 Å². The van der Waals surface area contributed by atoms with Crippen LogP contribution in [0.15, 0.2) is 18.2 Å². The molecule has 3 nitrogen and oxygen atoms in total. The highest BCUT2D eigenvalue weighted by Gasteiger charge is 2.66. The molecule has 0 amide bonds. The van der Waals surface area contributed by atoms with Crippen LogP contribution in [0.5, 0.6) is 0 Å². The maximum Gasteiger partial charge on any atom is 0.201 e. The Morgan fingerprint density at radius 2 is 1.95 bits per heavy atom. The van der Waals surface area contributed by atoms with Gasteiger partial charge in [-0.1, -0.05) is 11.6 Å². The van der Waals surface area contributed by atoms with Crippen LogP contribution in [-0.4, -0.2) is 9.55 Å². The van der Waals surface area contributed by atoms with Crippen LogP contribution in [0.2, 0.25) is 5.02 Å². The predicted molar refractivity (Wildman–Crippen MR) is 76.0 cm³/mol. The molecule has 19 heavy (non-hydrogen) atoms. The molecule has 1 aromatic heterocycles. The van der Waals surface area contributed by atoms with E-state index in [0.29, 0.717) is 12.0 Å². The van der Waals surface area contributed by atoms with E-state index in [1.165, 1.54) is 19.3 Å². The van der Waals surface area contributed by atoms with E-state index in [4.69, 9.17) is 17.3 Å². The molecule has 0 aliphatic heterocycles. The van der Waals surface area contributed by atoms with Crippen LogP contribution in [0.4, 0.5) is 5.95 Å². The van der Waals surface area contributed by atoms with Crippen LogP contribution in [0, 0.1) is 23.7 Å². The highest BCUT2D eigenvalue weighted by atomic mass is 35.5. The van der Waals surface area contributed by atoms with Gasteiger partial charge in [-0.05, 0) is 61.1 Å². The molecule has 3 aliphatic rings. The molecule has 3 saturated carbocycles. The van der Waals surface area contributed by atoms with Crippen molar-refractivity contribution in [1.29, 1.82) is 0 Å². The van der Waals surface area contributed by atoms with Gasteiger partial charge in [0.15, 0.2) is 0 Å². The molecular weight excluding hydrogens is 258 g/mol. The van der Waals surface area contributed by atoms with Crippen molar-refractivity contribution in [3.63, 3.8) is 0 Å². The number of halogens is 1. The van der Waals surface area contributed by atoms with Gasteiger partial charge in [-0.3, -0.25) is 0 Å². The first kappa shape index (κ1) is 10.6. The molecule has 3 fully saturated rings. The maximum atomic E-state index is 6.17. The SMILES string of the molecule is Nc1nc2ccc(Cl)cc2n1C1C2C3CCC(C3)C21. The van der Waals surface area contributed by atoms with E-state index in [0.717, 1.165) is 39.7 Å². The fourth-order valence-corrected chi connectivity index (χ4v) is 5.19. The fourth-order valence-electron chi connectivity index (χ4n) is 5.02. The number of nitrogen functional groups attached to an aromatic ring is 1. The van der Waals surface area contributed by atoms with E-state index in [2.05, 4.69) is 9.55 Å². The summed E-state index contributed by atoms with van der Waals surface area (Å²) in [6.07, 6.45) is 4.31. The fraction of sp³-hybridized carbons (Fsp3) is 0.533. The number of anilines is 1. The Labute approximate surface area is 116 Å². The normalized spacial score (nSPS) is 38.9. The van der Waals surface area contributed by atoms with Gasteiger partial charge < -0.3 is 10.3 Å². The van der Waals surface area contributed by atoms with Crippen molar-refractivity contribution in [1.82, 2.24) is 9.55 Å². The molecule has 2 aromatic rings. The minimum absolute atomic E-state index is 0.592. The number of hydrogen-bond donors (Lipinski definition) is 1. The molecule has 4 heteroatoms. The molecule has 0 saturated heterocycles. The third-order valence-electron chi connectivity index (χ3n) is 5.67. The minimum Gasteiger partial charge on any atom is -0.369 e. The van der Waals surface area contributed by atoms with Crippen molar-refractivity contribution in [3.05, 3.63) is 23.2 Å². The number of benzene rings is 1. The van der Waals surface area contributed by atoms with E-state index in [-0.39, 0.29) is 0 Å². The van der Waals surface area contributed by atoms with Gasteiger partial charge >= 0.3 is 0 Å². The molecule has 3 aliphatic carbocycles. The maximum absolute atomic E-state index is 6.17. The van der Waals surface area contributed by atoms with Crippen LogP contribution in [0.1, 0.15) is 25.3 Å². The van der Waals surface area contributed by atoms with Gasteiger partial charge in [0, 0.05) is 11.1 Å². The topological polar surface area (TPSA) is 43.8 Å². The highest BCUT2D eigenvalue weighted by molar-refractivity contribution is 6.31. The average molecular weight is 274 g/mol. The van der Waals surface area contributed by atoms with Crippen LogP contribution < -0.4 is 5.73 Å². The molecule has 98 valence electrons. The van der Waals surface area contributed by atoms with Crippen LogP contribution >= 0.6 is 11.6 Å². The molecule has 4 atom stereocenters. The van der Waals surface area contributed by atoms with Crippen molar-refractivity contribution in [2.75, 3.05) is 5.73 Å². The van der Waals surface area contributed by atoms with Gasteiger partial charge in [-0.2, -0.15) is 0 Å². The van der Waals surface area contributed by atoms with Gasteiger partial charge in [0.1, 0.15) is 0 Å². The largest absolute Gasteiger partial charge is 0.369 e. The number of rotatable bonds is 1. The summed E-state index contributed by atoms with van der Waals surface area (Å²) in [5.41, 5.74) is 8.25. The van der Waals surface area contributed by atoms with E-state index in [1.807, 2.05) is 18.2 Å². The predicted octanol–water partition coefficient (Wildman–Crippen LogP) is 3.49. The standard InChI is InChI=1S/C15H16ClN3/c16-9-3-4-10-11(6-9)19(15(17)18-10)14-12-7-1-2-8(5-7)13(12)14/h3-4,6-8,12-14H,1-2,5H2,(H2,17,18). The van der Waals surface area contributed by atoms with E-state index in [1.54, 1.807) is 0 Å². The van der Waals surface area contributed by atoms with E-state index < -0.39 is 0 Å². The summed E-state index contributed by atoms with van der Waals surface area (Å²) >= 11 is 6.13. The lowest BCUT2D eigenvalue weighted by Gasteiger charge is -2.12. The number of imidazole rings is 1.